The Morgan fingerprint density at radius 1 is 1.29 bits per heavy atom. The van der Waals surface area contributed by atoms with Crippen LogP contribution in [0.25, 0.3) is 5.69 Å². The summed E-state index contributed by atoms with van der Waals surface area (Å²) >= 11 is 0. The number of nitrogens with one attached hydrogen (secondary N) is 1. The van der Waals surface area contributed by atoms with Crippen molar-refractivity contribution >= 4 is 5.95 Å². The van der Waals surface area contributed by atoms with Crippen LogP contribution < -0.4 is 5.32 Å². The molecule has 14 heavy (non-hydrogen) atoms. The largest absolute Gasteiger partial charge is 0.356 e. The highest BCUT2D eigenvalue weighted by Gasteiger charge is 2.01. The smallest absolute Gasteiger partial charge is 0.207 e. The summed E-state index contributed by atoms with van der Waals surface area (Å²) in [5, 5.41) is 3.21. The zero-order valence-corrected chi connectivity index (χ0v) is 8.14. The first-order valence-corrected chi connectivity index (χ1v) is 4.74. The number of hydrogen-bond donors (Lipinski definition) is 1. The molecular formula is C11H13N3. The molecule has 0 saturated carbocycles. The summed E-state index contributed by atoms with van der Waals surface area (Å²) < 4.78 is 2.03. The maximum Gasteiger partial charge on any atom is 0.207 e. The van der Waals surface area contributed by atoms with Gasteiger partial charge in [0.1, 0.15) is 0 Å². The van der Waals surface area contributed by atoms with Crippen molar-refractivity contribution < 1.29 is 0 Å². The fourth-order valence-electron chi connectivity index (χ4n) is 1.39. The quantitative estimate of drug-likeness (QED) is 0.799. The van der Waals surface area contributed by atoms with E-state index in [-0.39, 0.29) is 0 Å². The number of imidazole rings is 1. The monoisotopic (exact) mass is 187 g/mol. The predicted octanol–water partition coefficient (Wildman–Crippen LogP) is 2.30. The summed E-state index contributed by atoms with van der Waals surface area (Å²) in [6, 6.07) is 10.2. The summed E-state index contributed by atoms with van der Waals surface area (Å²) in [6.07, 6.45) is 3.75. The number of nitrogens with zero attached hydrogens (tertiary/aromatic N) is 2. The van der Waals surface area contributed by atoms with Crippen LogP contribution in [0.4, 0.5) is 5.95 Å². The lowest BCUT2D eigenvalue weighted by Gasteiger charge is -2.07. The molecule has 3 heteroatoms. The topological polar surface area (TPSA) is 29.9 Å². The molecule has 0 aliphatic heterocycles. The molecule has 0 radical (unpaired) electrons. The fourth-order valence-corrected chi connectivity index (χ4v) is 1.39. The molecule has 1 aromatic heterocycles. The van der Waals surface area contributed by atoms with Gasteiger partial charge >= 0.3 is 0 Å². The molecule has 0 saturated heterocycles. The lowest BCUT2D eigenvalue weighted by molar-refractivity contribution is 1.02. The predicted molar refractivity (Wildman–Crippen MR) is 57.7 cm³/mol. The van der Waals surface area contributed by atoms with Crippen molar-refractivity contribution in [2.45, 2.75) is 6.92 Å². The minimum atomic E-state index is 0.879. The first-order valence-electron chi connectivity index (χ1n) is 4.74. The molecule has 1 aromatic carbocycles. The third-order valence-electron chi connectivity index (χ3n) is 2.01. The van der Waals surface area contributed by atoms with Gasteiger partial charge in [0.05, 0.1) is 0 Å². The van der Waals surface area contributed by atoms with Gasteiger partial charge in [-0.15, -0.1) is 0 Å². The standard InChI is InChI=1S/C11H13N3/c1-2-12-11-13-8-9-14(11)10-6-4-3-5-7-10/h3-9H,2H2,1H3,(H,12,13). The molecule has 0 aliphatic rings. The number of hydrogen-bond acceptors (Lipinski definition) is 2. The summed E-state index contributed by atoms with van der Waals surface area (Å²) in [4.78, 5) is 4.23. The van der Waals surface area contributed by atoms with Crippen molar-refractivity contribution in [3.8, 4) is 5.69 Å². The van der Waals surface area contributed by atoms with Crippen molar-refractivity contribution in [1.29, 1.82) is 0 Å². The molecule has 1 N–H and O–H groups in total. The summed E-state index contributed by atoms with van der Waals surface area (Å²) in [5.41, 5.74) is 1.13. The van der Waals surface area contributed by atoms with Crippen LogP contribution in [0.15, 0.2) is 42.7 Å². The molecular weight excluding hydrogens is 174 g/mol. The first-order chi connectivity index (χ1) is 6.92. The molecule has 0 unspecified atom stereocenters. The van der Waals surface area contributed by atoms with Gasteiger partial charge in [0.25, 0.3) is 0 Å². The fraction of sp³-hybridized carbons (Fsp3) is 0.182. The Bertz CT molecular complexity index is 392. The average Bonchev–Trinajstić information content (AvgIpc) is 2.68. The van der Waals surface area contributed by atoms with Crippen molar-refractivity contribution in [2.24, 2.45) is 0 Å². The first kappa shape index (κ1) is 8.81. The Kier molecular flexibility index (Phi) is 2.49. The Morgan fingerprint density at radius 3 is 2.79 bits per heavy atom. The lowest BCUT2D eigenvalue weighted by Crippen LogP contribution is -2.04. The maximum absolute atomic E-state index is 4.23. The van der Waals surface area contributed by atoms with Crippen LogP contribution in [0.5, 0.6) is 0 Å². The molecule has 0 aliphatic carbocycles. The normalized spacial score (nSPS) is 10.1. The SMILES string of the molecule is CCNc1nccn1-c1ccccc1. The van der Waals surface area contributed by atoms with Crippen LogP contribution >= 0.6 is 0 Å². The van der Waals surface area contributed by atoms with Gasteiger partial charge in [-0.2, -0.15) is 0 Å². The molecule has 0 spiro atoms. The van der Waals surface area contributed by atoms with Crippen LogP contribution in [0.1, 0.15) is 6.92 Å². The Labute approximate surface area is 83.4 Å². The highest BCUT2D eigenvalue weighted by Crippen LogP contribution is 2.13. The van der Waals surface area contributed by atoms with Gasteiger partial charge in [-0.3, -0.25) is 4.57 Å². The van der Waals surface area contributed by atoms with Crippen LogP contribution in [0.2, 0.25) is 0 Å². The second kappa shape index (κ2) is 3.96. The van der Waals surface area contributed by atoms with Crippen LogP contribution in [0, 0.1) is 0 Å². The molecule has 0 bridgehead atoms. The van der Waals surface area contributed by atoms with E-state index in [2.05, 4.69) is 29.4 Å². The molecule has 0 fully saturated rings. The van der Waals surface area contributed by atoms with Gasteiger partial charge in [0.15, 0.2) is 0 Å². The highest BCUT2D eigenvalue weighted by molar-refractivity contribution is 5.41. The Hall–Kier alpha value is -1.77. The van der Waals surface area contributed by atoms with Crippen LogP contribution in [-0.4, -0.2) is 16.1 Å². The van der Waals surface area contributed by atoms with Gasteiger partial charge in [-0.05, 0) is 19.1 Å². The van der Waals surface area contributed by atoms with Gasteiger partial charge < -0.3 is 5.32 Å². The molecule has 1 heterocycles. The summed E-state index contributed by atoms with van der Waals surface area (Å²) in [6.45, 7) is 2.94. The van der Waals surface area contributed by atoms with Crippen molar-refractivity contribution in [1.82, 2.24) is 9.55 Å². The number of para-hydroxylation sites is 1. The van der Waals surface area contributed by atoms with E-state index in [4.69, 9.17) is 0 Å². The minimum absolute atomic E-state index is 0.879. The molecule has 2 rings (SSSR count). The second-order valence-electron chi connectivity index (χ2n) is 2.99. The maximum atomic E-state index is 4.23. The van der Waals surface area contributed by atoms with Crippen LogP contribution in [0.3, 0.4) is 0 Å². The van der Waals surface area contributed by atoms with E-state index in [1.54, 1.807) is 6.20 Å². The number of aromatic nitrogens is 2. The third-order valence-corrected chi connectivity index (χ3v) is 2.01. The zero-order chi connectivity index (χ0) is 9.80. The molecule has 72 valence electrons. The van der Waals surface area contributed by atoms with E-state index in [9.17, 15) is 0 Å². The van der Waals surface area contributed by atoms with Gasteiger partial charge in [-0.25, -0.2) is 4.98 Å². The highest BCUT2D eigenvalue weighted by atomic mass is 15.2. The van der Waals surface area contributed by atoms with E-state index in [1.165, 1.54) is 0 Å². The number of benzene rings is 1. The second-order valence-corrected chi connectivity index (χ2v) is 2.99. The number of anilines is 1. The molecule has 0 atom stereocenters. The van der Waals surface area contributed by atoms with Gasteiger partial charge in [0.2, 0.25) is 5.95 Å². The van der Waals surface area contributed by atoms with E-state index < -0.39 is 0 Å². The summed E-state index contributed by atoms with van der Waals surface area (Å²) in [7, 11) is 0. The van der Waals surface area contributed by atoms with E-state index >= 15 is 0 Å². The Morgan fingerprint density at radius 2 is 2.07 bits per heavy atom. The summed E-state index contributed by atoms with van der Waals surface area (Å²) in [5.74, 6) is 0.888. The van der Waals surface area contributed by atoms with Crippen LogP contribution in [-0.2, 0) is 0 Å². The van der Waals surface area contributed by atoms with E-state index in [0.717, 1.165) is 18.2 Å². The number of rotatable bonds is 3. The van der Waals surface area contributed by atoms with Crippen molar-refractivity contribution in [3.05, 3.63) is 42.7 Å². The van der Waals surface area contributed by atoms with Gasteiger partial charge in [-0.1, -0.05) is 18.2 Å². The van der Waals surface area contributed by atoms with Gasteiger partial charge in [0, 0.05) is 24.6 Å². The van der Waals surface area contributed by atoms with Crippen molar-refractivity contribution in [2.75, 3.05) is 11.9 Å². The Balaban J connectivity index is 2.37. The van der Waals surface area contributed by atoms with E-state index in [1.807, 2.05) is 29.0 Å². The third kappa shape index (κ3) is 1.62. The van der Waals surface area contributed by atoms with Crippen molar-refractivity contribution in [3.63, 3.8) is 0 Å². The lowest BCUT2D eigenvalue weighted by atomic mass is 10.3. The molecule has 3 nitrogen and oxygen atoms in total. The minimum Gasteiger partial charge on any atom is -0.356 e. The van der Waals surface area contributed by atoms with E-state index in [0.29, 0.717) is 0 Å². The zero-order valence-electron chi connectivity index (χ0n) is 8.14. The average molecular weight is 187 g/mol. The molecule has 2 aromatic rings. The molecule has 0 amide bonds.